The van der Waals surface area contributed by atoms with Gasteiger partial charge >= 0.3 is 12.0 Å². The number of hydrogen-bond acceptors (Lipinski definition) is 7. The molecule has 10 nitrogen and oxygen atoms in total. The molecule has 0 saturated carbocycles. The third-order valence-corrected chi connectivity index (χ3v) is 8.17. The first-order chi connectivity index (χ1) is 20.9. The molecule has 0 bridgehead atoms. The highest BCUT2D eigenvalue weighted by Crippen LogP contribution is 2.28. The number of benzene rings is 2. The Morgan fingerprint density at radius 2 is 1.98 bits per heavy atom. The number of carboxylic acids is 1. The molecule has 1 N–H and O–H groups in total. The minimum atomic E-state index is -0.961. The molecule has 0 spiro atoms. The van der Waals surface area contributed by atoms with Crippen LogP contribution in [0.25, 0.3) is 11.0 Å². The zero-order valence-electron chi connectivity index (χ0n) is 23.7. The van der Waals surface area contributed by atoms with Gasteiger partial charge in [0.25, 0.3) is 0 Å². The lowest BCUT2D eigenvalue weighted by Gasteiger charge is -2.32. The summed E-state index contributed by atoms with van der Waals surface area (Å²) in [6.07, 6.45) is 7.96. The number of ether oxygens (including phenoxy) is 1. The van der Waals surface area contributed by atoms with E-state index < -0.39 is 11.8 Å². The Morgan fingerprint density at radius 3 is 2.74 bits per heavy atom. The van der Waals surface area contributed by atoms with E-state index in [1.807, 2.05) is 18.6 Å². The fourth-order valence-corrected chi connectivity index (χ4v) is 5.71. The number of piperidine rings is 1. The largest absolute Gasteiger partial charge is 0.478 e. The van der Waals surface area contributed by atoms with Crippen molar-refractivity contribution in [2.75, 3.05) is 18.0 Å². The van der Waals surface area contributed by atoms with Gasteiger partial charge in [0, 0.05) is 49.0 Å². The summed E-state index contributed by atoms with van der Waals surface area (Å²) in [6.45, 7) is 5.04. The number of nitrogens with zero attached hydrogens (tertiary/aromatic N) is 7. The number of halogens is 2. The molecule has 0 aliphatic carbocycles. The van der Waals surface area contributed by atoms with Crippen molar-refractivity contribution in [3.8, 4) is 6.01 Å². The molecular weight excluding hydrogens is 573 g/mol. The highest BCUT2D eigenvalue weighted by Gasteiger charge is 2.24. The first-order valence-electron chi connectivity index (χ1n) is 14.2. The molecule has 0 atom stereocenters. The van der Waals surface area contributed by atoms with Crippen molar-refractivity contribution >= 4 is 34.4 Å². The van der Waals surface area contributed by atoms with Crippen LogP contribution in [-0.4, -0.2) is 53.2 Å². The number of imidazole rings is 2. The van der Waals surface area contributed by atoms with E-state index in [9.17, 15) is 14.3 Å². The summed E-state index contributed by atoms with van der Waals surface area (Å²) in [6, 6.07) is 11.6. The Balaban J connectivity index is 1.14. The normalized spacial score (nSPS) is 14.0. The average Bonchev–Trinajstić information content (AvgIpc) is 3.61. The van der Waals surface area contributed by atoms with E-state index in [2.05, 4.69) is 35.9 Å². The molecule has 5 aromatic rings. The van der Waals surface area contributed by atoms with E-state index >= 15 is 0 Å². The van der Waals surface area contributed by atoms with Gasteiger partial charge in [0.2, 0.25) is 0 Å². The van der Waals surface area contributed by atoms with Gasteiger partial charge in [-0.1, -0.05) is 17.7 Å². The first-order valence-corrected chi connectivity index (χ1v) is 14.6. The molecule has 0 amide bonds. The maximum atomic E-state index is 14.1. The van der Waals surface area contributed by atoms with Gasteiger partial charge in [-0.25, -0.2) is 24.1 Å². The number of carboxylic acid groups (broad SMARTS) is 1. The lowest BCUT2D eigenvalue weighted by molar-refractivity contribution is 0.0697. The van der Waals surface area contributed by atoms with Crippen LogP contribution in [0.4, 0.5) is 10.2 Å². The van der Waals surface area contributed by atoms with E-state index in [1.54, 1.807) is 36.5 Å². The second-order valence-corrected chi connectivity index (χ2v) is 11.1. The fraction of sp³-hybridized carbons (Fsp3) is 0.323. The van der Waals surface area contributed by atoms with Gasteiger partial charge in [0.15, 0.2) is 0 Å². The highest BCUT2D eigenvalue weighted by molar-refractivity contribution is 6.30. The molecule has 6 rings (SSSR count). The molecule has 1 fully saturated rings. The molecule has 1 aliphatic rings. The summed E-state index contributed by atoms with van der Waals surface area (Å²) in [5.41, 5.74) is 3.25. The van der Waals surface area contributed by atoms with Crippen LogP contribution in [-0.2, 0) is 26.1 Å². The van der Waals surface area contributed by atoms with Gasteiger partial charge in [0.05, 0.1) is 35.2 Å². The summed E-state index contributed by atoms with van der Waals surface area (Å²) < 4.78 is 24.0. The number of carbonyl (C=O) groups is 1. The molecule has 0 radical (unpaired) electrons. The van der Waals surface area contributed by atoms with Crippen LogP contribution in [0.3, 0.4) is 0 Å². The lowest BCUT2D eigenvalue weighted by Crippen LogP contribution is -2.35. The summed E-state index contributed by atoms with van der Waals surface area (Å²) in [5.74, 6) is 0.704. The Kier molecular flexibility index (Phi) is 8.24. The molecular formula is C31H31ClFN7O3. The Hall–Kier alpha value is -4.51. The minimum absolute atomic E-state index is 0.00251. The summed E-state index contributed by atoms with van der Waals surface area (Å²) in [5, 5.41) is 9.93. The SMILES string of the molecule is CCn1cncc1Cn1c(CC2CCN(c3ccnc(OCc4ccc(Cl)cc4F)n3)CC2)nc2ccc(C(=O)O)cc21. The van der Waals surface area contributed by atoms with Crippen molar-refractivity contribution in [3.05, 3.63) is 94.7 Å². The predicted octanol–water partition coefficient (Wildman–Crippen LogP) is 5.62. The molecule has 4 heterocycles. The first kappa shape index (κ1) is 28.6. The second kappa shape index (κ2) is 12.4. The number of anilines is 1. The number of hydrogen-bond donors (Lipinski definition) is 1. The molecule has 12 heteroatoms. The average molecular weight is 604 g/mol. The highest BCUT2D eigenvalue weighted by atomic mass is 35.5. The Labute approximate surface area is 252 Å². The maximum absolute atomic E-state index is 14.1. The third-order valence-electron chi connectivity index (χ3n) is 7.93. The molecule has 1 saturated heterocycles. The standard InChI is InChI=1S/C31H31ClFN7O3/c1-2-38-19-34-16-24(38)17-40-27-14-21(30(41)42)4-6-26(27)36-29(40)13-20-8-11-39(12-9-20)28-7-10-35-31(37-28)43-18-22-3-5-23(32)15-25(22)33/h3-7,10,14-16,19-20H,2,8-9,11-13,17-18H2,1H3,(H,41,42). The molecule has 43 heavy (non-hydrogen) atoms. The van der Waals surface area contributed by atoms with E-state index in [0.29, 0.717) is 23.0 Å². The van der Waals surface area contributed by atoms with Gasteiger partial charge in [-0.3, -0.25) is 0 Å². The molecule has 222 valence electrons. The van der Waals surface area contributed by atoms with Crippen molar-refractivity contribution in [2.45, 2.75) is 45.9 Å². The number of aromatic nitrogens is 6. The lowest BCUT2D eigenvalue weighted by atomic mass is 9.93. The third kappa shape index (κ3) is 6.31. The number of aromatic carboxylic acids is 1. The van der Waals surface area contributed by atoms with Crippen LogP contribution in [0.1, 0.15) is 47.2 Å². The van der Waals surface area contributed by atoms with Gasteiger partial charge in [-0.2, -0.15) is 4.98 Å². The second-order valence-electron chi connectivity index (χ2n) is 10.7. The number of rotatable bonds is 10. The van der Waals surface area contributed by atoms with Crippen LogP contribution in [0.15, 0.2) is 61.2 Å². The quantitative estimate of drug-likeness (QED) is 0.219. The monoisotopic (exact) mass is 603 g/mol. The molecule has 1 aliphatic heterocycles. The maximum Gasteiger partial charge on any atom is 0.335 e. The van der Waals surface area contributed by atoms with Crippen LogP contribution in [0.2, 0.25) is 5.02 Å². The van der Waals surface area contributed by atoms with Gasteiger partial charge in [-0.15, -0.1) is 0 Å². The predicted molar refractivity (Wildman–Crippen MR) is 160 cm³/mol. The topological polar surface area (TPSA) is 111 Å². The summed E-state index contributed by atoms with van der Waals surface area (Å²) in [4.78, 5) is 31.9. The van der Waals surface area contributed by atoms with Crippen molar-refractivity contribution in [1.82, 2.24) is 29.1 Å². The molecule has 3 aromatic heterocycles. The minimum Gasteiger partial charge on any atom is -0.478 e. The fourth-order valence-electron chi connectivity index (χ4n) is 5.55. The van der Waals surface area contributed by atoms with E-state index in [-0.39, 0.29) is 18.2 Å². The van der Waals surface area contributed by atoms with Crippen molar-refractivity contribution in [3.63, 3.8) is 0 Å². The van der Waals surface area contributed by atoms with Gasteiger partial charge in [0.1, 0.15) is 24.1 Å². The molecule has 0 unspecified atom stereocenters. The zero-order valence-corrected chi connectivity index (χ0v) is 24.4. The van der Waals surface area contributed by atoms with E-state index in [4.69, 9.17) is 21.3 Å². The summed E-state index contributed by atoms with van der Waals surface area (Å²) >= 11 is 5.84. The smallest absolute Gasteiger partial charge is 0.335 e. The van der Waals surface area contributed by atoms with Crippen LogP contribution in [0.5, 0.6) is 6.01 Å². The van der Waals surface area contributed by atoms with Crippen LogP contribution in [0, 0.1) is 11.7 Å². The van der Waals surface area contributed by atoms with Crippen LogP contribution < -0.4 is 9.64 Å². The van der Waals surface area contributed by atoms with Gasteiger partial charge < -0.3 is 23.9 Å². The number of aryl methyl sites for hydroxylation is 1. The van der Waals surface area contributed by atoms with Crippen LogP contribution >= 0.6 is 11.6 Å². The van der Waals surface area contributed by atoms with Crippen molar-refractivity contribution in [2.24, 2.45) is 5.92 Å². The van der Waals surface area contributed by atoms with E-state index in [1.165, 1.54) is 6.07 Å². The van der Waals surface area contributed by atoms with Crippen molar-refractivity contribution in [1.29, 1.82) is 0 Å². The molecule has 2 aromatic carbocycles. The zero-order chi connectivity index (χ0) is 29.9. The van der Waals surface area contributed by atoms with Crippen molar-refractivity contribution < 1.29 is 19.0 Å². The van der Waals surface area contributed by atoms with E-state index in [0.717, 1.165) is 67.3 Å². The number of fused-ring (bicyclic) bond motifs is 1. The Bertz CT molecular complexity index is 1760. The van der Waals surface area contributed by atoms with Gasteiger partial charge in [-0.05, 0) is 62.1 Å². The summed E-state index contributed by atoms with van der Waals surface area (Å²) in [7, 11) is 0. The Morgan fingerprint density at radius 1 is 1.14 bits per heavy atom.